The summed E-state index contributed by atoms with van der Waals surface area (Å²) < 4.78 is 12.9. The fraction of sp³-hybridized carbons (Fsp3) is 0.273. The van der Waals surface area contributed by atoms with E-state index in [0.29, 0.717) is 39.1 Å². The summed E-state index contributed by atoms with van der Waals surface area (Å²) in [5.74, 6) is 1.43. The highest BCUT2D eigenvalue weighted by Crippen LogP contribution is 2.34. The molecule has 0 aliphatic carbocycles. The molecule has 1 aliphatic heterocycles. The number of ether oxygens (including phenoxy) is 2. The second kappa shape index (κ2) is 8.44. The summed E-state index contributed by atoms with van der Waals surface area (Å²) in [6.07, 6.45) is 1.71. The minimum Gasteiger partial charge on any atom is -0.454 e. The van der Waals surface area contributed by atoms with E-state index in [0.717, 1.165) is 10.2 Å². The lowest BCUT2D eigenvalue weighted by Gasteiger charge is -2.14. The maximum absolute atomic E-state index is 13.3. The quantitative estimate of drug-likeness (QED) is 0.336. The number of pyridine rings is 1. The zero-order valence-corrected chi connectivity index (χ0v) is 19.1. The predicted molar refractivity (Wildman–Crippen MR) is 126 cm³/mol. The van der Waals surface area contributed by atoms with Crippen LogP contribution in [-0.4, -0.2) is 33.0 Å². The van der Waals surface area contributed by atoms with Crippen LogP contribution < -0.4 is 20.3 Å². The summed E-state index contributed by atoms with van der Waals surface area (Å²) in [6.45, 7) is 4.79. The maximum atomic E-state index is 13.3. The van der Waals surface area contributed by atoms with E-state index in [1.807, 2.05) is 26.0 Å². The van der Waals surface area contributed by atoms with Gasteiger partial charge in [-0.05, 0) is 30.2 Å². The lowest BCUT2D eigenvalue weighted by molar-refractivity contribution is -0.113. The summed E-state index contributed by atoms with van der Waals surface area (Å²) >= 11 is 2.61. The third-order valence-electron chi connectivity index (χ3n) is 4.85. The van der Waals surface area contributed by atoms with Crippen molar-refractivity contribution in [2.75, 3.05) is 17.9 Å². The Kier molecular flexibility index (Phi) is 5.48. The summed E-state index contributed by atoms with van der Waals surface area (Å²) in [7, 11) is 0. The van der Waals surface area contributed by atoms with Crippen molar-refractivity contribution in [3.63, 3.8) is 0 Å². The Labute approximate surface area is 191 Å². The first-order valence-electron chi connectivity index (χ1n) is 10.1. The zero-order valence-electron chi connectivity index (χ0n) is 17.5. The first-order chi connectivity index (χ1) is 15.5. The highest BCUT2D eigenvalue weighted by molar-refractivity contribution is 7.99. The molecule has 0 saturated heterocycles. The normalized spacial score (nSPS) is 12.7. The molecule has 0 radical (unpaired) electrons. The van der Waals surface area contributed by atoms with Crippen LogP contribution in [0.1, 0.15) is 13.8 Å². The average molecular weight is 469 g/mol. The van der Waals surface area contributed by atoms with Gasteiger partial charge in [0.25, 0.3) is 5.56 Å². The summed E-state index contributed by atoms with van der Waals surface area (Å²) in [6, 6.07) is 9.01. The van der Waals surface area contributed by atoms with E-state index in [2.05, 4.69) is 10.3 Å². The molecule has 8 nitrogen and oxygen atoms in total. The van der Waals surface area contributed by atoms with Gasteiger partial charge in [0.2, 0.25) is 12.7 Å². The van der Waals surface area contributed by atoms with Crippen LogP contribution in [0.4, 0.5) is 5.69 Å². The van der Waals surface area contributed by atoms with Gasteiger partial charge in [0.05, 0.1) is 11.3 Å². The van der Waals surface area contributed by atoms with Crippen molar-refractivity contribution in [2.45, 2.75) is 25.5 Å². The Morgan fingerprint density at radius 2 is 2.12 bits per heavy atom. The van der Waals surface area contributed by atoms with Crippen LogP contribution in [-0.2, 0) is 11.3 Å². The van der Waals surface area contributed by atoms with Gasteiger partial charge in [-0.15, -0.1) is 11.3 Å². The van der Waals surface area contributed by atoms with Crippen LogP contribution in [0.2, 0.25) is 0 Å². The molecule has 1 aliphatic rings. The van der Waals surface area contributed by atoms with Crippen molar-refractivity contribution >= 4 is 55.1 Å². The number of aromatic nitrogens is 3. The van der Waals surface area contributed by atoms with Gasteiger partial charge in [-0.1, -0.05) is 25.6 Å². The van der Waals surface area contributed by atoms with E-state index in [-0.39, 0.29) is 29.9 Å². The average Bonchev–Trinajstić information content (AvgIpc) is 3.38. The van der Waals surface area contributed by atoms with Crippen LogP contribution in [0.15, 0.2) is 46.5 Å². The Hall–Kier alpha value is -3.11. The molecule has 0 saturated carbocycles. The third kappa shape index (κ3) is 3.91. The van der Waals surface area contributed by atoms with Gasteiger partial charge in [0, 0.05) is 29.9 Å². The molecule has 5 rings (SSSR count). The zero-order chi connectivity index (χ0) is 22.2. The molecule has 1 amide bonds. The van der Waals surface area contributed by atoms with E-state index >= 15 is 0 Å². The molecule has 1 aromatic carbocycles. The first kappa shape index (κ1) is 20.8. The molecular weight excluding hydrogens is 448 g/mol. The summed E-state index contributed by atoms with van der Waals surface area (Å²) in [5.41, 5.74) is 1.17. The van der Waals surface area contributed by atoms with Gasteiger partial charge < -0.3 is 14.8 Å². The molecule has 4 heterocycles. The molecule has 1 N–H and O–H groups in total. The Balaban J connectivity index is 1.42. The second-order valence-electron chi connectivity index (χ2n) is 7.74. The van der Waals surface area contributed by atoms with Gasteiger partial charge in [-0.3, -0.25) is 14.2 Å². The summed E-state index contributed by atoms with van der Waals surface area (Å²) in [4.78, 5) is 35.8. The standard InChI is InChI=1S/C22H20N4O4S2/c1-12(2)9-26-21(28)19-18(14-4-3-7-23-20(14)32-19)25-22(26)31-10-17(27)24-13-5-6-15-16(8-13)30-11-29-15/h3-8,12H,9-11H2,1-2H3,(H,24,27). The number of carbonyl (C=O) groups excluding carboxylic acids is 1. The van der Waals surface area contributed by atoms with Crippen LogP contribution in [0, 0.1) is 5.92 Å². The number of carbonyl (C=O) groups is 1. The molecule has 164 valence electrons. The lowest BCUT2D eigenvalue weighted by atomic mass is 10.2. The number of amides is 1. The molecule has 0 bridgehead atoms. The number of benzene rings is 1. The van der Waals surface area contributed by atoms with E-state index in [4.69, 9.17) is 14.5 Å². The van der Waals surface area contributed by atoms with E-state index in [1.54, 1.807) is 29.0 Å². The van der Waals surface area contributed by atoms with Crippen LogP contribution in [0.25, 0.3) is 20.4 Å². The number of thioether (sulfide) groups is 1. The highest BCUT2D eigenvalue weighted by Gasteiger charge is 2.19. The number of anilines is 1. The minimum atomic E-state index is -0.198. The third-order valence-corrected chi connectivity index (χ3v) is 6.92. The smallest absolute Gasteiger partial charge is 0.272 e. The van der Waals surface area contributed by atoms with Crippen molar-refractivity contribution in [2.24, 2.45) is 5.92 Å². The molecule has 0 unspecified atom stereocenters. The molecule has 4 aromatic rings. The molecule has 10 heteroatoms. The number of thiophene rings is 1. The fourth-order valence-electron chi connectivity index (χ4n) is 3.48. The molecular formula is C22H20N4O4S2. The topological polar surface area (TPSA) is 95.3 Å². The van der Waals surface area contributed by atoms with Crippen molar-refractivity contribution in [1.29, 1.82) is 0 Å². The molecule has 0 fully saturated rings. The van der Waals surface area contributed by atoms with Crippen LogP contribution in [0.5, 0.6) is 11.5 Å². The van der Waals surface area contributed by atoms with Crippen molar-refractivity contribution in [3.05, 3.63) is 46.9 Å². The Morgan fingerprint density at radius 1 is 1.28 bits per heavy atom. The van der Waals surface area contributed by atoms with Gasteiger partial charge in [-0.25, -0.2) is 9.97 Å². The van der Waals surface area contributed by atoms with Gasteiger partial charge >= 0.3 is 0 Å². The van der Waals surface area contributed by atoms with Crippen LogP contribution in [0.3, 0.4) is 0 Å². The molecule has 3 aromatic heterocycles. The van der Waals surface area contributed by atoms with Crippen molar-refractivity contribution in [1.82, 2.24) is 14.5 Å². The Bertz CT molecular complexity index is 1400. The fourth-order valence-corrected chi connectivity index (χ4v) is 5.31. The van der Waals surface area contributed by atoms with Crippen LogP contribution >= 0.6 is 23.1 Å². The number of fused-ring (bicyclic) bond motifs is 4. The molecule has 0 spiro atoms. The van der Waals surface area contributed by atoms with E-state index in [1.165, 1.54) is 23.1 Å². The number of hydrogen-bond acceptors (Lipinski definition) is 8. The molecule has 32 heavy (non-hydrogen) atoms. The largest absolute Gasteiger partial charge is 0.454 e. The van der Waals surface area contributed by atoms with Gasteiger partial charge in [0.1, 0.15) is 9.53 Å². The summed E-state index contributed by atoms with van der Waals surface area (Å²) in [5, 5.41) is 4.24. The lowest BCUT2D eigenvalue weighted by Crippen LogP contribution is -2.25. The number of hydrogen-bond donors (Lipinski definition) is 1. The van der Waals surface area contributed by atoms with E-state index in [9.17, 15) is 9.59 Å². The number of nitrogens with one attached hydrogen (secondary N) is 1. The first-order valence-corrected chi connectivity index (χ1v) is 11.9. The second-order valence-corrected chi connectivity index (χ2v) is 9.69. The highest BCUT2D eigenvalue weighted by atomic mass is 32.2. The SMILES string of the molecule is CC(C)Cn1c(SCC(=O)Nc2ccc3c(c2)OCO3)nc2c(sc3ncccc32)c1=O. The van der Waals surface area contributed by atoms with Gasteiger partial charge in [0.15, 0.2) is 16.7 Å². The Morgan fingerprint density at radius 3 is 2.97 bits per heavy atom. The maximum Gasteiger partial charge on any atom is 0.272 e. The van der Waals surface area contributed by atoms with Crippen molar-refractivity contribution < 1.29 is 14.3 Å². The number of rotatable bonds is 6. The van der Waals surface area contributed by atoms with Crippen molar-refractivity contribution in [3.8, 4) is 11.5 Å². The van der Waals surface area contributed by atoms with E-state index < -0.39 is 0 Å². The molecule has 0 atom stereocenters. The minimum absolute atomic E-state index is 0.0922. The predicted octanol–water partition coefficient (Wildman–Crippen LogP) is 4.12. The number of nitrogens with zero attached hydrogens (tertiary/aromatic N) is 3. The monoisotopic (exact) mass is 468 g/mol. The van der Waals surface area contributed by atoms with Gasteiger partial charge in [-0.2, -0.15) is 0 Å².